The van der Waals surface area contributed by atoms with Crippen LogP contribution in [0.5, 0.6) is 0 Å². The van der Waals surface area contributed by atoms with E-state index in [4.69, 9.17) is 0 Å². The molecule has 0 aliphatic heterocycles. The highest BCUT2D eigenvalue weighted by atomic mass is 19.2. The van der Waals surface area contributed by atoms with Gasteiger partial charge in [0.05, 0.1) is 0 Å². The largest absolute Gasteiger partial charge is 0.246 e. The Morgan fingerprint density at radius 3 is 1.67 bits per heavy atom. The number of hydrogen-bond donors (Lipinski definition) is 0. The molecule has 51 valence electrons. The Morgan fingerprint density at radius 1 is 1.11 bits per heavy atom. The Labute approximate surface area is 53.9 Å². The van der Waals surface area contributed by atoms with E-state index in [0.29, 0.717) is 0 Å². The van der Waals surface area contributed by atoms with E-state index >= 15 is 0 Å². The minimum Gasteiger partial charge on any atom is -0.209 e. The van der Waals surface area contributed by atoms with Gasteiger partial charge in [-0.25, -0.2) is 4.39 Å². The first-order chi connectivity index (χ1) is 4.21. The topological polar surface area (TPSA) is 19.9 Å². The van der Waals surface area contributed by atoms with E-state index in [-0.39, 0.29) is 11.8 Å². The molecule has 9 heavy (non-hydrogen) atoms. The average Bonchev–Trinajstić information content (AvgIpc) is 2.62. The second-order valence-corrected chi connectivity index (χ2v) is 3.25. The molecule has 0 amide bonds. The summed E-state index contributed by atoms with van der Waals surface area (Å²) in [4.78, 5) is 0. The molecule has 2 aliphatic rings. The Morgan fingerprint density at radius 2 is 1.44 bits per heavy atom. The molecule has 1 radical (unpaired) electrons. The highest BCUT2D eigenvalue weighted by molar-refractivity contribution is 4.96. The van der Waals surface area contributed by atoms with Gasteiger partial charge in [0.2, 0.25) is 5.85 Å². The maximum atomic E-state index is 12.9. The highest BCUT2D eigenvalue weighted by Gasteiger charge is 2.55. The maximum absolute atomic E-state index is 12.9. The molecule has 2 rings (SSSR count). The zero-order chi connectivity index (χ0) is 6.48. The molecule has 2 fully saturated rings. The average molecular weight is 129 g/mol. The summed E-state index contributed by atoms with van der Waals surface area (Å²) >= 11 is 0. The molecule has 0 N–H and O–H groups in total. The van der Waals surface area contributed by atoms with Gasteiger partial charge in [-0.3, -0.25) is 0 Å². The zero-order valence-electron chi connectivity index (χ0n) is 5.27. The fourth-order valence-corrected chi connectivity index (χ4v) is 1.29. The second-order valence-electron chi connectivity index (χ2n) is 3.25. The Bertz CT molecular complexity index is 111. The predicted molar refractivity (Wildman–Crippen MR) is 30.0 cm³/mol. The van der Waals surface area contributed by atoms with Crippen LogP contribution in [0.15, 0.2) is 0 Å². The van der Waals surface area contributed by atoms with Gasteiger partial charge in [0.25, 0.3) is 0 Å². The maximum Gasteiger partial charge on any atom is 0.246 e. The molecule has 0 aromatic heterocycles. The first-order valence-corrected chi connectivity index (χ1v) is 3.60. The summed E-state index contributed by atoms with van der Waals surface area (Å²) in [7, 11) is 0. The van der Waals surface area contributed by atoms with Gasteiger partial charge in [-0.1, -0.05) is 0 Å². The van der Waals surface area contributed by atoms with Crippen molar-refractivity contribution in [3.8, 4) is 0 Å². The minimum absolute atomic E-state index is 0.120. The number of hydrogen-bond acceptors (Lipinski definition) is 0. The summed E-state index contributed by atoms with van der Waals surface area (Å²) in [5.41, 5.74) is 0. The quantitative estimate of drug-likeness (QED) is 0.542. The van der Waals surface area contributed by atoms with Crippen LogP contribution in [0.3, 0.4) is 0 Å². The lowest BCUT2D eigenvalue weighted by Gasteiger charge is -2.13. The van der Waals surface area contributed by atoms with Crippen molar-refractivity contribution in [1.82, 2.24) is 0 Å². The van der Waals surface area contributed by atoms with E-state index in [2.05, 4.69) is 0 Å². The van der Waals surface area contributed by atoms with E-state index in [9.17, 15) is 9.50 Å². The molecule has 1 nitrogen and oxygen atoms in total. The second kappa shape index (κ2) is 1.48. The molecule has 2 heteroatoms. The lowest BCUT2D eigenvalue weighted by atomic mass is 10.1. The number of alkyl halides is 1. The molecular formula is C7H10FO. The van der Waals surface area contributed by atoms with Gasteiger partial charge in [-0.2, -0.15) is 5.11 Å². The van der Waals surface area contributed by atoms with Crippen molar-refractivity contribution in [2.75, 3.05) is 0 Å². The summed E-state index contributed by atoms with van der Waals surface area (Å²) in [5, 5.41) is 11.0. The summed E-state index contributed by atoms with van der Waals surface area (Å²) < 4.78 is 12.9. The van der Waals surface area contributed by atoms with Crippen LogP contribution in [0.25, 0.3) is 0 Å². The lowest BCUT2D eigenvalue weighted by Crippen LogP contribution is -2.25. The van der Waals surface area contributed by atoms with Crippen molar-refractivity contribution in [2.24, 2.45) is 11.8 Å². The van der Waals surface area contributed by atoms with Crippen LogP contribution in [0, 0.1) is 11.8 Å². The molecular weight excluding hydrogens is 119 g/mol. The van der Waals surface area contributed by atoms with Crippen molar-refractivity contribution < 1.29 is 9.50 Å². The Kier molecular flexibility index (Phi) is 0.933. The fraction of sp³-hybridized carbons (Fsp3) is 1.00. The Hall–Kier alpha value is -0.110. The predicted octanol–water partition coefficient (Wildman–Crippen LogP) is 1.90. The van der Waals surface area contributed by atoms with Crippen LogP contribution in [0.4, 0.5) is 4.39 Å². The van der Waals surface area contributed by atoms with Crippen LogP contribution in [0.1, 0.15) is 25.7 Å². The Balaban J connectivity index is 2.01. The molecule has 0 unspecified atom stereocenters. The molecule has 0 atom stereocenters. The van der Waals surface area contributed by atoms with E-state index < -0.39 is 5.85 Å². The van der Waals surface area contributed by atoms with Gasteiger partial charge in [0.15, 0.2) is 0 Å². The smallest absolute Gasteiger partial charge is 0.209 e. The molecule has 2 saturated carbocycles. The third-order valence-corrected chi connectivity index (χ3v) is 2.27. The lowest BCUT2D eigenvalue weighted by molar-refractivity contribution is -0.175. The van der Waals surface area contributed by atoms with E-state index in [0.717, 1.165) is 25.7 Å². The molecule has 0 aromatic rings. The van der Waals surface area contributed by atoms with Gasteiger partial charge in [0, 0.05) is 11.8 Å². The SMILES string of the molecule is [O]C(F)(C1CC1)C1CC1. The van der Waals surface area contributed by atoms with Crippen LogP contribution in [-0.2, 0) is 5.11 Å². The van der Waals surface area contributed by atoms with Crippen molar-refractivity contribution in [3.05, 3.63) is 0 Å². The fourth-order valence-electron chi connectivity index (χ4n) is 1.29. The van der Waals surface area contributed by atoms with Crippen LogP contribution in [-0.4, -0.2) is 5.85 Å². The highest BCUT2D eigenvalue weighted by Crippen LogP contribution is 2.53. The summed E-state index contributed by atoms with van der Waals surface area (Å²) in [6.07, 6.45) is 3.32. The zero-order valence-corrected chi connectivity index (χ0v) is 5.27. The standard InChI is InChI=1S/C7H10FO/c8-7(9,5-1-2-5)6-3-4-6/h5-6H,1-4H2. The van der Waals surface area contributed by atoms with Crippen molar-refractivity contribution in [2.45, 2.75) is 31.5 Å². The van der Waals surface area contributed by atoms with E-state index in [1.807, 2.05) is 0 Å². The van der Waals surface area contributed by atoms with E-state index in [1.165, 1.54) is 0 Å². The minimum atomic E-state index is -2.03. The molecule has 0 saturated heterocycles. The molecule has 2 aliphatic carbocycles. The van der Waals surface area contributed by atoms with Crippen molar-refractivity contribution in [1.29, 1.82) is 0 Å². The van der Waals surface area contributed by atoms with Crippen LogP contribution in [0.2, 0.25) is 0 Å². The normalized spacial score (nSPS) is 28.7. The monoisotopic (exact) mass is 129 g/mol. The first-order valence-electron chi connectivity index (χ1n) is 3.60. The van der Waals surface area contributed by atoms with Gasteiger partial charge in [-0.15, -0.1) is 0 Å². The van der Waals surface area contributed by atoms with Gasteiger partial charge >= 0.3 is 0 Å². The van der Waals surface area contributed by atoms with Gasteiger partial charge in [0.1, 0.15) is 0 Å². The third kappa shape index (κ3) is 0.855. The summed E-state index contributed by atoms with van der Waals surface area (Å²) in [6.45, 7) is 0. The molecule has 0 aromatic carbocycles. The molecule has 0 heterocycles. The first kappa shape index (κ1) is 5.66. The number of rotatable bonds is 2. The van der Waals surface area contributed by atoms with E-state index in [1.54, 1.807) is 0 Å². The van der Waals surface area contributed by atoms with Crippen molar-refractivity contribution >= 4 is 0 Å². The van der Waals surface area contributed by atoms with Gasteiger partial charge < -0.3 is 0 Å². The van der Waals surface area contributed by atoms with Crippen molar-refractivity contribution in [3.63, 3.8) is 0 Å². The van der Waals surface area contributed by atoms with Crippen LogP contribution < -0.4 is 0 Å². The summed E-state index contributed by atoms with van der Waals surface area (Å²) in [5.74, 6) is -2.27. The van der Waals surface area contributed by atoms with Crippen LogP contribution >= 0.6 is 0 Å². The molecule has 0 spiro atoms. The van der Waals surface area contributed by atoms with Gasteiger partial charge in [-0.05, 0) is 25.7 Å². The number of halogens is 1. The third-order valence-electron chi connectivity index (χ3n) is 2.27. The molecule has 0 bridgehead atoms. The summed E-state index contributed by atoms with van der Waals surface area (Å²) in [6, 6.07) is 0.